The normalized spacial score (nSPS) is 14.7. The quantitative estimate of drug-likeness (QED) is 0.276. The average molecular weight is 505 g/mol. The van der Waals surface area contributed by atoms with Gasteiger partial charge in [-0.15, -0.1) is 0 Å². The second-order valence-corrected chi connectivity index (χ2v) is 9.39. The number of likely N-dealkylation sites (tertiary alicyclic amines) is 1. The molecule has 4 N–H and O–H groups in total. The van der Waals surface area contributed by atoms with Crippen molar-refractivity contribution in [1.29, 1.82) is 5.26 Å². The number of amides is 4. The van der Waals surface area contributed by atoms with Gasteiger partial charge in [0.1, 0.15) is 6.54 Å². The Bertz CT molecular complexity index is 1060. The second kappa shape index (κ2) is 14.6. The number of urea groups is 1. The largest absolute Gasteiger partial charge is 0.352 e. The molecule has 9 heteroatoms. The van der Waals surface area contributed by atoms with Crippen molar-refractivity contribution >= 4 is 23.5 Å². The van der Waals surface area contributed by atoms with Crippen LogP contribution < -0.4 is 21.3 Å². The van der Waals surface area contributed by atoms with Crippen LogP contribution in [0.5, 0.6) is 0 Å². The lowest BCUT2D eigenvalue weighted by molar-refractivity contribution is -0.124. The predicted octanol–water partition coefficient (Wildman–Crippen LogP) is 3.26. The summed E-state index contributed by atoms with van der Waals surface area (Å²) < 4.78 is 0. The van der Waals surface area contributed by atoms with Crippen LogP contribution in [0.1, 0.15) is 48.5 Å². The number of hydrogen-bond donors (Lipinski definition) is 4. The third kappa shape index (κ3) is 9.58. The SMILES string of the molecule is CC(CCCNC(=O)c1ccc(NC(=O)NC2CCN(Cc3ccccc3)CC2)cc1)C(=O)NCC#N. The van der Waals surface area contributed by atoms with E-state index in [0.717, 1.165) is 32.5 Å². The van der Waals surface area contributed by atoms with Gasteiger partial charge in [0.15, 0.2) is 0 Å². The molecule has 0 bridgehead atoms. The van der Waals surface area contributed by atoms with E-state index < -0.39 is 0 Å². The van der Waals surface area contributed by atoms with Crippen molar-refractivity contribution in [3.63, 3.8) is 0 Å². The first-order chi connectivity index (χ1) is 17.9. The summed E-state index contributed by atoms with van der Waals surface area (Å²) in [4.78, 5) is 39.0. The zero-order valence-electron chi connectivity index (χ0n) is 21.3. The summed E-state index contributed by atoms with van der Waals surface area (Å²) in [6, 6.07) is 18.9. The highest BCUT2D eigenvalue weighted by molar-refractivity contribution is 5.95. The molecule has 2 aromatic rings. The van der Waals surface area contributed by atoms with Crippen LogP contribution in [-0.4, -0.2) is 55.0 Å². The smallest absolute Gasteiger partial charge is 0.319 e. The predicted molar refractivity (Wildman–Crippen MR) is 143 cm³/mol. The molecule has 1 aliphatic rings. The molecule has 1 saturated heterocycles. The molecule has 0 spiro atoms. The van der Waals surface area contributed by atoms with Crippen LogP contribution >= 0.6 is 0 Å². The summed E-state index contributed by atoms with van der Waals surface area (Å²) in [5.74, 6) is -0.586. The van der Waals surface area contributed by atoms with Crippen LogP contribution in [0.2, 0.25) is 0 Å². The molecular formula is C28H36N6O3. The number of rotatable bonds is 11. The number of nitrogens with one attached hydrogen (secondary N) is 4. The van der Waals surface area contributed by atoms with Gasteiger partial charge in [-0.1, -0.05) is 37.3 Å². The lowest BCUT2D eigenvalue weighted by Crippen LogP contribution is -2.45. The van der Waals surface area contributed by atoms with Gasteiger partial charge in [-0.25, -0.2) is 4.79 Å². The minimum absolute atomic E-state index is 0.000926. The fraction of sp³-hybridized carbons (Fsp3) is 0.429. The molecule has 1 fully saturated rings. The Morgan fingerprint density at radius 3 is 2.41 bits per heavy atom. The molecule has 0 aliphatic carbocycles. The highest BCUT2D eigenvalue weighted by Gasteiger charge is 2.21. The fourth-order valence-electron chi connectivity index (χ4n) is 4.28. The molecule has 37 heavy (non-hydrogen) atoms. The standard InChI is InChI=1S/C28H36N6O3/c1-21(26(35)31-17-15-29)6-5-16-30-27(36)23-9-11-24(12-10-23)32-28(37)33-25-13-18-34(19-14-25)20-22-7-3-2-4-8-22/h2-4,7-12,21,25H,5-6,13-14,16-20H2,1H3,(H,30,36)(H,31,35)(H2,32,33,37). The van der Waals surface area contributed by atoms with Gasteiger partial charge >= 0.3 is 6.03 Å². The molecule has 1 unspecified atom stereocenters. The number of hydrogen-bond acceptors (Lipinski definition) is 5. The minimum Gasteiger partial charge on any atom is -0.352 e. The Morgan fingerprint density at radius 2 is 1.73 bits per heavy atom. The first kappa shape index (κ1) is 27.7. The van der Waals surface area contributed by atoms with Gasteiger partial charge in [0.2, 0.25) is 5.91 Å². The van der Waals surface area contributed by atoms with Crippen molar-refractivity contribution in [2.24, 2.45) is 5.92 Å². The van der Waals surface area contributed by atoms with Crippen LogP contribution in [0.15, 0.2) is 54.6 Å². The Hall–Kier alpha value is -3.90. The van der Waals surface area contributed by atoms with Gasteiger partial charge < -0.3 is 21.3 Å². The van der Waals surface area contributed by atoms with Gasteiger partial charge in [-0.05, 0) is 55.5 Å². The molecule has 1 heterocycles. The van der Waals surface area contributed by atoms with E-state index in [1.54, 1.807) is 31.2 Å². The van der Waals surface area contributed by atoms with Crippen molar-refractivity contribution in [2.45, 2.75) is 45.2 Å². The Morgan fingerprint density at radius 1 is 1.03 bits per heavy atom. The summed E-state index contributed by atoms with van der Waals surface area (Å²) in [6.07, 6.45) is 3.07. The molecule has 0 radical (unpaired) electrons. The van der Waals surface area contributed by atoms with Crippen molar-refractivity contribution in [1.82, 2.24) is 20.9 Å². The van der Waals surface area contributed by atoms with E-state index in [2.05, 4.69) is 50.4 Å². The maximum Gasteiger partial charge on any atom is 0.319 e. The van der Waals surface area contributed by atoms with Crippen LogP contribution in [0.4, 0.5) is 10.5 Å². The molecule has 4 amide bonds. The molecule has 3 rings (SSSR count). The first-order valence-electron chi connectivity index (χ1n) is 12.8. The van der Waals surface area contributed by atoms with Gasteiger partial charge in [0.05, 0.1) is 6.07 Å². The Kier molecular flexibility index (Phi) is 10.9. The lowest BCUT2D eigenvalue weighted by Gasteiger charge is -2.32. The number of nitriles is 1. The van der Waals surface area contributed by atoms with E-state index in [1.807, 2.05) is 12.1 Å². The van der Waals surface area contributed by atoms with Crippen molar-refractivity contribution < 1.29 is 14.4 Å². The first-order valence-corrected chi connectivity index (χ1v) is 12.8. The summed E-state index contributed by atoms with van der Waals surface area (Å²) >= 11 is 0. The third-order valence-electron chi connectivity index (χ3n) is 6.47. The van der Waals surface area contributed by atoms with Gasteiger partial charge in [-0.3, -0.25) is 14.5 Å². The van der Waals surface area contributed by atoms with Gasteiger partial charge in [0.25, 0.3) is 5.91 Å². The average Bonchev–Trinajstić information content (AvgIpc) is 2.91. The number of anilines is 1. The summed E-state index contributed by atoms with van der Waals surface area (Å²) in [5, 5.41) is 19.8. The molecule has 2 aromatic carbocycles. The minimum atomic E-state index is -0.244. The molecule has 9 nitrogen and oxygen atoms in total. The zero-order valence-corrected chi connectivity index (χ0v) is 21.3. The van der Waals surface area contributed by atoms with E-state index in [9.17, 15) is 14.4 Å². The van der Waals surface area contributed by atoms with Crippen LogP contribution in [0, 0.1) is 17.2 Å². The molecular weight excluding hydrogens is 468 g/mol. The molecule has 1 atom stereocenters. The number of carbonyl (C=O) groups is 3. The van der Waals surface area contributed by atoms with Crippen LogP contribution in [-0.2, 0) is 11.3 Å². The van der Waals surface area contributed by atoms with Gasteiger partial charge in [0, 0.05) is 49.4 Å². The number of carbonyl (C=O) groups excluding carboxylic acids is 3. The highest BCUT2D eigenvalue weighted by Crippen LogP contribution is 2.15. The summed E-state index contributed by atoms with van der Waals surface area (Å²) in [6.45, 7) is 5.06. The summed E-state index contributed by atoms with van der Waals surface area (Å²) in [5.41, 5.74) is 2.42. The lowest BCUT2D eigenvalue weighted by atomic mass is 10.0. The second-order valence-electron chi connectivity index (χ2n) is 9.39. The fourth-order valence-corrected chi connectivity index (χ4v) is 4.28. The maximum atomic E-state index is 12.4. The number of benzene rings is 2. The van der Waals surface area contributed by atoms with E-state index in [1.165, 1.54) is 5.56 Å². The van der Waals surface area contributed by atoms with E-state index in [0.29, 0.717) is 30.6 Å². The molecule has 0 aromatic heterocycles. The topological polar surface area (TPSA) is 126 Å². The third-order valence-corrected chi connectivity index (χ3v) is 6.47. The van der Waals surface area contributed by atoms with E-state index in [-0.39, 0.29) is 36.3 Å². The highest BCUT2D eigenvalue weighted by atomic mass is 16.2. The van der Waals surface area contributed by atoms with E-state index in [4.69, 9.17) is 5.26 Å². The Labute approximate surface area is 218 Å². The molecule has 196 valence electrons. The maximum absolute atomic E-state index is 12.4. The Balaban J connectivity index is 1.32. The van der Waals surface area contributed by atoms with Crippen LogP contribution in [0.3, 0.4) is 0 Å². The van der Waals surface area contributed by atoms with Crippen LogP contribution in [0.25, 0.3) is 0 Å². The van der Waals surface area contributed by atoms with E-state index >= 15 is 0 Å². The number of piperidine rings is 1. The molecule has 0 saturated carbocycles. The monoisotopic (exact) mass is 504 g/mol. The number of nitrogens with zero attached hydrogens (tertiary/aromatic N) is 2. The van der Waals surface area contributed by atoms with Crippen molar-refractivity contribution in [3.8, 4) is 6.07 Å². The van der Waals surface area contributed by atoms with Crippen molar-refractivity contribution in [2.75, 3.05) is 31.5 Å². The van der Waals surface area contributed by atoms with Gasteiger partial charge in [-0.2, -0.15) is 5.26 Å². The zero-order chi connectivity index (χ0) is 26.5. The molecule has 1 aliphatic heterocycles. The van der Waals surface area contributed by atoms with Crippen molar-refractivity contribution in [3.05, 3.63) is 65.7 Å². The summed E-state index contributed by atoms with van der Waals surface area (Å²) in [7, 11) is 0.